The Kier molecular flexibility index (Phi) is 4.79. The Labute approximate surface area is 159 Å². The summed E-state index contributed by atoms with van der Waals surface area (Å²) in [7, 11) is 3.25. The number of hydrogen-bond acceptors (Lipinski definition) is 6. The number of aromatic nitrogens is 3. The molecule has 1 fully saturated rings. The van der Waals surface area contributed by atoms with Crippen molar-refractivity contribution in [3.05, 3.63) is 36.2 Å². The Morgan fingerprint density at radius 1 is 0.926 bits per heavy atom. The van der Waals surface area contributed by atoms with Crippen molar-refractivity contribution in [1.29, 1.82) is 0 Å². The van der Waals surface area contributed by atoms with Crippen LogP contribution in [0.2, 0.25) is 0 Å². The van der Waals surface area contributed by atoms with Gasteiger partial charge in [-0.2, -0.15) is 10.2 Å². The average molecular weight is 364 g/mol. The highest BCUT2D eigenvalue weighted by atomic mass is 16.5. The molecular weight excluding hydrogens is 340 g/mol. The minimum atomic E-state index is 0.645. The van der Waals surface area contributed by atoms with Crippen LogP contribution < -0.4 is 14.4 Å². The number of aryl methyl sites for hydroxylation is 1. The Balaban J connectivity index is 1.78. The maximum atomic E-state index is 5.46. The van der Waals surface area contributed by atoms with Crippen molar-refractivity contribution in [3.8, 4) is 22.6 Å². The first-order valence-electron chi connectivity index (χ1n) is 9.30. The highest BCUT2D eigenvalue weighted by molar-refractivity contribution is 5.95. The normalized spacial score (nSPS) is 14.4. The van der Waals surface area contributed by atoms with Crippen LogP contribution in [0.4, 0.5) is 5.82 Å². The van der Waals surface area contributed by atoms with Gasteiger partial charge in [0.1, 0.15) is 5.82 Å². The van der Waals surface area contributed by atoms with Crippen LogP contribution in [0.1, 0.15) is 24.8 Å². The highest BCUT2D eigenvalue weighted by Crippen LogP contribution is 2.36. The molecule has 0 aliphatic carbocycles. The summed E-state index contributed by atoms with van der Waals surface area (Å²) < 4.78 is 10.8. The molecule has 140 valence electrons. The van der Waals surface area contributed by atoms with Crippen molar-refractivity contribution in [3.63, 3.8) is 0 Å². The number of pyridine rings is 1. The molecule has 3 aromatic rings. The van der Waals surface area contributed by atoms with Crippen molar-refractivity contribution in [2.24, 2.45) is 0 Å². The van der Waals surface area contributed by atoms with Gasteiger partial charge in [-0.1, -0.05) is 0 Å². The monoisotopic (exact) mass is 364 g/mol. The first-order valence-corrected chi connectivity index (χ1v) is 9.30. The van der Waals surface area contributed by atoms with Gasteiger partial charge in [-0.05, 0) is 43.9 Å². The fourth-order valence-electron chi connectivity index (χ4n) is 3.77. The lowest BCUT2D eigenvalue weighted by Crippen LogP contribution is -2.30. The first-order chi connectivity index (χ1) is 13.2. The molecule has 0 saturated carbocycles. The van der Waals surface area contributed by atoms with Crippen LogP contribution in [0.25, 0.3) is 22.0 Å². The fraction of sp³-hybridized carbons (Fsp3) is 0.381. The molecule has 1 aliphatic rings. The van der Waals surface area contributed by atoms with E-state index in [0.717, 1.165) is 40.9 Å². The van der Waals surface area contributed by atoms with Crippen LogP contribution in [0, 0.1) is 6.92 Å². The predicted octanol–water partition coefficient (Wildman–Crippen LogP) is 4.01. The van der Waals surface area contributed by atoms with E-state index in [1.807, 2.05) is 18.3 Å². The molecule has 4 rings (SSSR count). The number of fused-ring (bicyclic) bond motifs is 1. The molecule has 0 N–H and O–H groups in total. The van der Waals surface area contributed by atoms with Gasteiger partial charge in [0.25, 0.3) is 0 Å². The third kappa shape index (κ3) is 3.27. The molecule has 1 aromatic carbocycles. The number of piperidine rings is 1. The van der Waals surface area contributed by atoms with E-state index in [1.54, 1.807) is 20.4 Å². The lowest BCUT2D eigenvalue weighted by Gasteiger charge is -2.29. The van der Waals surface area contributed by atoms with Crippen LogP contribution in [0.3, 0.4) is 0 Å². The molecule has 6 heteroatoms. The summed E-state index contributed by atoms with van der Waals surface area (Å²) in [5, 5.41) is 9.40. The molecular formula is C21H24N4O2. The number of ether oxygens (including phenoxy) is 2. The average Bonchev–Trinajstić information content (AvgIpc) is 2.72. The van der Waals surface area contributed by atoms with E-state index in [9.17, 15) is 0 Å². The van der Waals surface area contributed by atoms with Gasteiger partial charge >= 0.3 is 0 Å². The quantitative estimate of drug-likeness (QED) is 0.697. The van der Waals surface area contributed by atoms with Crippen molar-refractivity contribution in [2.75, 3.05) is 32.2 Å². The van der Waals surface area contributed by atoms with E-state index < -0.39 is 0 Å². The molecule has 1 aliphatic heterocycles. The van der Waals surface area contributed by atoms with Crippen LogP contribution in [0.5, 0.6) is 11.5 Å². The third-order valence-corrected chi connectivity index (χ3v) is 5.16. The summed E-state index contributed by atoms with van der Waals surface area (Å²) >= 11 is 0. The number of rotatable bonds is 4. The van der Waals surface area contributed by atoms with Crippen LogP contribution in [-0.2, 0) is 0 Å². The lowest BCUT2D eigenvalue weighted by atomic mass is 10.0. The molecule has 1 saturated heterocycles. The molecule has 0 atom stereocenters. The summed E-state index contributed by atoms with van der Waals surface area (Å²) in [5.74, 6) is 2.41. The van der Waals surface area contributed by atoms with Crippen molar-refractivity contribution in [1.82, 2.24) is 15.2 Å². The summed E-state index contributed by atoms with van der Waals surface area (Å²) in [4.78, 5) is 7.17. The van der Waals surface area contributed by atoms with Gasteiger partial charge < -0.3 is 14.4 Å². The lowest BCUT2D eigenvalue weighted by molar-refractivity contribution is 0.356. The number of nitrogens with zero attached hydrogens (tertiary/aromatic N) is 4. The Morgan fingerprint density at radius 3 is 2.37 bits per heavy atom. The van der Waals surface area contributed by atoms with Crippen LogP contribution in [-0.4, -0.2) is 42.5 Å². The summed E-state index contributed by atoms with van der Waals surface area (Å²) in [5.41, 5.74) is 3.96. The summed E-state index contributed by atoms with van der Waals surface area (Å²) in [6, 6.07) is 5.99. The summed E-state index contributed by atoms with van der Waals surface area (Å²) in [6.45, 7) is 4.30. The van der Waals surface area contributed by atoms with E-state index in [-0.39, 0.29) is 0 Å². The molecule has 0 bridgehead atoms. The second-order valence-corrected chi connectivity index (χ2v) is 6.89. The van der Waals surface area contributed by atoms with Gasteiger partial charge in [-0.15, -0.1) is 0 Å². The maximum Gasteiger partial charge on any atom is 0.162 e. The second kappa shape index (κ2) is 7.39. The molecule has 0 amide bonds. The zero-order chi connectivity index (χ0) is 18.8. The molecule has 0 radical (unpaired) electrons. The van der Waals surface area contributed by atoms with Gasteiger partial charge in [-0.3, -0.25) is 0 Å². The largest absolute Gasteiger partial charge is 0.493 e. The zero-order valence-electron chi connectivity index (χ0n) is 16.0. The second-order valence-electron chi connectivity index (χ2n) is 6.89. The van der Waals surface area contributed by atoms with E-state index >= 15 is 0 Å². The summed E-state index contributed by atoms with van der Waals surface area (Å²) in [6.07, 6.45) is 7.51. The maximum absolute atomic E-state index is 5.46. The predicted molar refractivity (Wildman–Crippen MR) is 107 cm³/mol. The highest BCUT2D eigenvalue weighted by Gasteiger charge is 2.16. The molecule has 6 nitrogen and oxygen atoms in total. The Hall–Kier alpha value is -2.89. The number of hydrogen-bond donors (Lipinski definition) is 0. The smallest absolute Gasteiger partial charge is 0.162 e. The number of methoxy groups -OCH3 is 2. The minimum absolute atomic E-state index is 0.645. The van der Waals surface area contributed by atoms with Crippen molar-refractivity contribution in [2.45, 2.75) is 26.2 Å². The fourth-order valence-corrected chi connectivity index (χ4v) is 3.77. The van der Waals surface area contributed by atoms with Gasteiger partial charge in [0.05, 0.1) is 25.9 Å². The topological polar surface area (TPSA) is 60.4 Å². The van der Waals surface area contributed by atoms with E-state index in [1.165, 1.54) is 24.8 Å². The molecule has 2 aromatic heterocycles. The first kappa shape index (κ1) is 17.5. The van der Waals surface area contributed by atoms with E-state index in [4.69, 9.17) is 14.5 Å². The number of benzene rings is 1. The van der Waals surface area contributed by atoms with Gasteiger partial charge in [-0.25, -0.2) is 4.98 Å². The Bertz CT molecular complexity index is 968. The SMILES string of the molecule is COc1cc2nncc(-c3cnc(N4CCCCC4)c(C)c3)c2cc1OC. The zero-order valence-corrected chi connectivity index (χ0v) is 16.0. The molecule has 0 spiro atoms. The standard InChI is InChI=1S/C21H24N4O2/c1-14-9-15(12-22-21(14)25-7-5-4-6-8-25)17-13-23-24-18-11-20(27-3)19(26-2)10-16(17)18/h9-13H,4-8H2,1-3H3. The third-order valence-electron chi connectivity index (χ3n) is 5.16. The molecule has 3 heterocycles. The minimum Gasteiger partial charge on any atom is -0.493 e. The van der Waals surface area contributed by atoms with Gasteiger partial charge in [0.15, 0.2) is 11.5 Å². The van der Waals surface area contributed by atoms with Crippen LogP contribution >= 0.6 is 0 Å². The van der Waals surface area contributed by atoms with E-state index in [0.29, 0.717) is 11.5 Å². The van der Waals surface area contributed by atoms with E-state index in [2.05, 4.69) is 28.1 Å². The van der Waals surface area contributed by atoms with Crippen molar-refractivity contribution < 1.29 is 9.47 Å². The van der Waals surface area contributed by atoms with Gasteiger partial charge in [0.2, 0.25) is 0 Å². The van der Waals surface area contributed by atoms with Crippen molar-refractivity contribution >= 4 is 16.7 Å². The van der Waals surface area contributed by atoms with Crippen LogP contribution in [0.15, 0.2) is 30.6 Å². The molecule has 0 unspecified atom stereocenters. The Morgan fingerprint density at radius 2 is 1.67 bits per heavy atom. The number of anilines is 1. The van der Waals surface area contributed by atoms with Gasteiger partial charge in [0, 0.05) is 41.9 Å². The molecule has 27 heavy (non-hydrogen) atoms.